The number of aryl methyl sites for hydroxylation is 1. The Hall–Kier alpha value is -4.94. The Morgan fingerprint density at radius 3 is 1.97 bits per heavy atom. The van der Waals surface area contributed by atoms with Crippen LogP contribution in [0.2, 0.25) is 0 Å². The Labute approximate surface area is 230 Å². The number of nitrogens with zero attached hydrogens (tertiary/aromatic N) is 3. The van der Waals surface area contributed by atoms with E-state index >= 15 is 0 Å². The van der Waals surface area contributed by atoms with Gasteiger partial charge in [0.05, 0.1) is 11.4 Å². The molecule has 2 aromatic heterocycles. The highest BCUT2D eigenvalue weighted by Crippen LogP contribution is 2.48. The number of hydrogen-bond acceptors (Lipinski definition) is 6. The minimum absolute atomic E-state index is 0.126. The molecule has 0 amide bonds. The number of pyridine rings is 1. The molecular formula is C33H24N4OS. The molecule has 0 aliphatic carbocycles. The van der Waals surface area contributed by atoms with Gasteiger partial charge in [0.25, 0.3) is 0 Å². The van der Waals surface area contributed by atoms with Crippen molar-refractivity contribution in [3.63, 3.8) is 0 Å². The number of nitrogen functional groups attached to an aromatic ring is 1. The SMILES string of the molecule is Cc1ccc(N=Nc2c(-c3ccccc3)nc3sc(C(=O)c4ccccc4)c(N)c3c2-c2ccccc2)cc1. The minimum Gasteiger partial charge on any atom is -0.397 e. The number of aromatic nitrogens is 1. The van der Waals surface area contributed by atoms with Crippen LogP contribution >= 0.6 is 11.3 Å². The summed E-state index contributed by atoms with van der Waals surface area (Å²) in [6.07, 6.45) is 0. The molecule has 0 aliphatic heterocycles. The average molecular weight is 525 g/mol. The molecule has 5 nitrogen and oxygen atoms in total. The molecule has 188 valence electrons. The van der Waals surface area contributed by atoms with Crippen LogP contribution in [0.25, 0.3) is 32.6 Å². The van der Waals surface area contributed by atoms with E-state index < -0.39 is 0 Å². The second kappa shape index (κ2) is 10.4. The minimum atomic E-state index is -0.126. The van der Waals surface area contributed by atoms with Crippen molar-refractivity contribution in [1.82, 2.24) is 4.98 Å². The highest BCUT2D eigenvalue weighted by molar-refractivity contribution is 7.21. The van der Waals surface area contributed by atoms with Crippen molar-refractivity contribution in [2.45, 2.75) is 6.92 Å². The molecule has 0 bridgehead atoms. The van der Waals surface area contributed by atoms with Crippen LogP contribution in [0.5, 0.6) is 0 Å². The van der Waals surface area contributed by atoms with E-state index in [1.54, 1.807) is 12.1 Å². The van der Waals surface area contributed by atoms with E-state index in [2.05, 4.69) is 5.11 Å². The van der Waals surface area contributed by atoms with Crippen molar-refractivity contribution in [3.8, 4) is 22.4 Å². The Morgan fingerprint density at radius 2 is 1.33 bits per heavy atom. The maximum atomic E-state index is 13.5. The third-order valence-corrected chi connectivity index (χ3v) is 7.60. The third-order valence-electron chi connectivity index (χ3n) is 6.50. The summed E-state index contributed by atoms with van der Waals surface area (Å²) in [6.45, 7) is 2.04. The van der Waals surface area contributed by atoms with E-state index in [0.717, 1.165) is 27.9 Å². The first-order valence-corrected chi connectivity index (χ1v) is 13.4. The molecule has 0 aliphatic rings. The summed E-state index contributed by atoms with van der Waals surface area (Å²) in [5.74, 6) is -0.126. The molecule has 39 heavy (non-hydrogen) atoms. The van der Waals surface area contributed by atoms with E-state index in [4.69, 9.17) is 15.8 Å². The zero-order chi connectivity index (χ0) is 26.8. The van der Waals surface area contributed by atoms with Crippen molar-refractivity contribution in [2.24, 2.45) is 10.2 Å². The lowest BCUT2D eigenvalue weighted by molar-refractivity contribution is 0.104. The van der Waals surface area contributed by atoms with Crippen LogP contribution in [0.1, 0.15) is 20.8 Å². The molecule has 0 spiro atoms. The fraction of sp³-hybridized carbons (Fsp3) is 0.0303. The van der Waals surface area contributed by atoms with Crippen molar-refractivity contribution >= 4 is 44.4 Å². The van der Waals surface area contributed by atoms with Gasteiger partial charge in [0.2, 0.25) is 5.78 Å². The van der Waals surface area contributed by atoms with Gasteiger partial charge in [-0.25, -0.2) is 4.98 Å². The van der Waals surface area contributed by atoms with Gasteiger partial charge in [0, 0.05) is 22.1 Å². The average Bonchev–Trinajstić information content (AvgIpc) is 3.32. The monoisotopic (exact) mass is 524 g/mol. The summed E-state index contributed by atoms with van der Waals surface area (Å²) < 4.78 is 0. The maximum Gasteiger partial charge on any atom is 0.205 e. The number of thiophene rings is 1. The summed E-state index contributed by atoms with van der Waals surface area (Å²) in [4.78, 5) is 19.7. The number of ketones is 1. The maximum absolute atomic E-state index is 13.5. The molecule has 0 atom stereocenters. The quantitative estimate of drug-likeness (QED) is 0.174. The summed E-state index contributed by atoms with van der Waals surface area (Å²) in [5, 5.41) is 10.1. The van der Waals surface area contributed by atoms with Crippen LogP contribution in [-0.4, -0.2) is 10.8 Å². The van der Waals surface area contributed by atoms with Gasteiger partial charge in [0.15, 0.2) is 0 Å². The predicted octanol–water partition coefficient (Wildman–Crippen LogP) is 9.17. The lowest BCUT2D eigenvalue weighted by atomic mass is 9.96. The van der Waals surface area contributed by atoms with Crippen LogP contribution in [0.3, 0.4) is 0 Å². The Kier molecular flexibility index (Phi) is 6.53. The van der Waals surface area contributed by atoms with Gasteiger partial charge >= 0.3 is 0 Å². The Morgan fingerprint density at radius 1 is 0.744 bits per heavy atom. The normalized spacial score (nSPS) is 11.3. The smallest absolute Gasteiger partial charge is 0.205 e. The van der Waals surface area contributed by atoms with Gasteiger partial charge < -0.3 is 5.73 Å². The van der Waals surface area contributed by atoms with Crippen LogP contribution in [0.4, 0.5) is 17.1 Å². The standard InChI is InChI=1S/C33H24N4OS/c1-21-17-19-25(20-18-21)36-37-30-26(22-11-5-2-6-12-22)27-28(34)32(31(38)24-15-9-4-10-16-24)39-33(27)35-29(30)23-13-7-3-8-14-23/h2-20H,34H2,1H3. The molecule has 0 fully saturated rings. The fourth-order valence-electron chi connectivity index (χ4n) is 4.53. The second-order valence-electron chi connectivity index (χ2n) is 9.17. The van der Waals surface area contributed by atoms with Gasteiger partial charge in [-0.3, -0.25) is 4.79 Å². The molecule has 0 radical (unpaired) electrons. The summed E-state index contributed by atoms with van der Waals surface area (Å²) >= 11 is 1.31. The molecule has 2 heterocycles. The molecular weight excluding hydrogens is 500 g/mol. The van der Waals surface area contributed by atoms with E-state index in [9.17, 15) is 4.79 Å². The Bertz CT molecular complexity index is 1810. The first-order chi connectivity index (χ1) is 19.1. The summed E-state index contributed by atoms with van der Waals surface area (Å²) in [6, 6.07) is 36.9. The number of hydrogen-bond donors (Lipinski definition) is 1. The van der Waals surface area contributed by atoms with Gasteiger partial charge in [0.1, 0.15) is 21.1 Å². The number of nitrogens with two attached hydrogens (primary N) is 1. The van der Waals surface area contributed by atoms with Crippen molar-refractivity contribution in [2.75, 3.05) is 5.73 Å². The highest BCUT2D eigenvalue weighted by Gasteiger charge is 2.26. The zero-order valence-corrected chi connectivity index (χ0v) is 22.0. The molecule has 6 aromatic rings. The number of carbonyl (C=O) groups excluding carboxylic acids is 1. The van der Waals surface area contributed by atoms with E-state index in [1.165, 1.54) is 11.3 Å². The first kappa shape index (κ1) is 24.4. The first-order valence-electron chi connectivity index (χ1n) is 12.5. The Balaban J connectivity index is 1.67. The molecule has 0 unspecified atom stereocenters. The molecule has 0 saturated heterocycles. The van der Waals surface area contributed by atoms with Gasteiger partial charge in [-0.1, -0.05) is 109 Å². The summed E-state index contributed by atoms with van der Waals surface area (Å²) in [5.41, 5.74) is 13.5. The highest BCUT2D eigenvalue weighted by atomic mass is 32.1. The van der Waals surface area contributed by atoms with E-state index in [0.29, 0.717) is 37.7 Å². The van der Waals surface area contributed by atoms with Crippen molar-refractivity contribution in [3.05, 3.63) is 131 Å². The molecule has 2 N–H and O–H groups in total. The van der Waals surface area contributed by atoms with Gasteiger partial charge in [-0.05, 0) is 24.6 Å². The topological polar surface area (TPSA) is 80.7 Å². The van der Waals surface area contributed by atoms with Crippen LogP contribution < -0.4 is 5.73 Å². The van der Waals surface area contributed by atoms with E-state index in [-0.39, 0.29) is 5.78 Å². The number of anilines is 1. The van der Waals surface area contributed by atoms with Crippen molar-refractivity contribution in [1.29, 1.82) is 0 Å². The number of fused-ring (bicyclic) bond motifs is 1. The third kappa shape index (κ3) is 4.74. The second-order valence-corrected chi connectivity index (χ2v) is 10.2. The molecule has 4 aromatic carbocycles. The zero-order valence-electron chi connectivity index (χ0n) is 21.2. The van der Waals surface area contributed by atoms with Crippen LogP contribution in [0, 0.1) is 6.92 Å². The van der Waals surface area contributed by atoms with Gasteiger partial charge in [-0.2, -0.15) is 5.11 Å². The predicted molar refractivity (Wildman–Crippen MR) is 160 cm³/mol. The lowest BCUT2D eigenvalue weighted by Gasteiger charge is -2.13. The number of azo groups is 1. The number of rotatable bonds is 6. The van der Waals surface area contributed by atoms with Gasteiger partial charge in [-0.15, -0.1) is 16.5 Å². The molecule has 0 saturated carbocycles. The summed E-state index contributed by atoms with van der Waals surface area (Å²) in [7, 11) is 0. The largest absolute Gasteiger partial charge is 0.397 e. The number of carbonyl (C=O) groups is 1. The number of benzene rings is 4. The van der Waals surface area contributed by atoms with E-state index in [1.807, 2.05) is 110 Å². The fourth-order valence-corrected chi connectivity index (χ4v) is 5.60. The lowest BCUT2D eigenvalue weighted by Crippen LogP contribution is -2.01. The van der Waals surface area contributed by atoms with Crippen molar-refractivity contribution < 1.29 is 4.79 Å². The molecule has 6 heteroatoms. The molecule has 6 rings (SSSR count). The van der Waals surface area contributed by atoms with Crippen LogP contribution in [-0.2, 0) is 0 Å². The van der Waals surface area contributed by atoms with Crippen LogP contribution in [0.15, 0.2) is 125 Å².